The maximum absolute atomic E-state index is 12.2. The summed E-state index contributed by atoms with van der Waals surface area (Å²) in [5.74, 6) is 0.924. The summed E-state index contributed by atoms with van der Waals surface area (Å²) in [5.41, 5.74) is 3.50. The largest absolute Gasteiger partial charge is 0.486 e. The fourth-order valence-corrected chi connectivity index (χ4v) is 5.19. The van der Waals surface area contributed by atoms with E-state index in [1.54, 1.807) is 0 Å². The van der Waals surface area contributed by atoms with Crippen LogP contribution in [0.3, 0.4) is 0 Å². The summed E-state index contributed by atoms with van der Waals surface area (Å²) in [4.78, 5) is 15.1. The summed E-state index contributed by atoms with van der Waals surface area (Å²) in [6.45, 7) is 14.8. The summed E-state index contributed by atoms with van der Waals surface area (Å²) in [6, 6.07) is 8.88. The van der Waals surface area contributed by atoms with E-state index in [9.17, 15) is 4.79 Å². The molecule has 0 fully saturated rings. The number of carbonyl (C=O) groups excluding carboxylic acids is 1. The van der Waals surface area contributed by atoms with Gasteiger partial charge in [-0.05, 0) is 66.7 Å². The van der Waals surface area contributed by atoms with Crippen LogP contribution in [0.5, 0.6) is 5.75 Å². The molecule has 1 aromatic heterocycles. The maximum Gasteiger partial charge on any atom is 0.175 e. The van der Waals surface area contributed by atoms with Gasteiger partial charge in [0.05, 0.1) is 0 Å². The van der Waals surface area contributed by atoms with Gasteiger partial charge in [0.2, 0.25) is 0 Å². The minimum atomic E-state index is -0.374. The Hall–Kier alpha value is -1.55. The number of Topliss-reactive ketones (excluding diaryl/α,β-unsaturated/α-hetero) is 1. The summed E-state index contributed by atoms with van der Waals surface area (Å²) >= 11 is 1.96. The lowest BCUT2D eigenvalue weighted by molar-refractivity contribution is -0.128. The molecule has 2 rings (SSSR count). The predicted molar refractivity (Wildman–Crippen MR) is 124 cm³/mol. The van der Waals surface area contributed by atoms with Crippen LogP contribution < -0.4 is 4.74 Å². The van der Waals surface area contributed by atoms with Crippen molar-refractivity contribution in [3.05, 3.63) is 50.7 Å². The van der Waals surface area contributed by atoms with Crippen molar-refractivity contribution >= 4 is 25.0 Å². The van der Waals surface area contributed by atoms with Crippen LogP contribution in [-0.4, -0.2) is 20.2 Å². The molecule has 2 nitrogen and oxygen atoms in total. The molecule has 0 amide bonds. The Morgan fingerprint density at radius 2 is 1.71 bits per heavy atom. The van der Waals surface area contributed by atoms with E-state index in [1.807, 2.05) is 38.2 Å². The number of hydrogen-bond acceptors (Lipinski definition) is 3. The third-order valence-corrected chi connectivity index (χ3v) is 7.53. The molecule has 0 atom stereocenters. The van der Waals surface area contributed by atoms with Crippen molar-refractivity contribution in [2.45, 2.75) is 73.0 Å². The fourth-order valence-electron chi connectivity index (χ4n) is 3.72. The van der Waals surface area contributed by atoms with Gasteiger partial charge in [-0.15, -0.1) is 11.3 Å². The number of carbonyl (C=O) groups is 1. The van der Waals surface area contributed by atoms with Crippen LogP contribution in [0.2, 0.25) is 0 Å². The Morgan fingerprint density at radius 3 is 2.18 bits per heavy atom. The highest BCUT2D eigenvalue weighted by atomic mass is 32.1. The maximum atomic E-state index is 12.2. The third-order valence-electron chi connectivity index (χ3n) is 5.94. The molecule has 0 saturated heterocycles. The van der Waals surface area contributed by atoms with E-state index in [-0.39, 0.29) is 23.2 Å². The number of rotatable bonds is 8. The monoisotopic (exact) mass is 398 g/mol. The van der Waals surface area contributed by atoms with E-state index < -0.39 is 0 Å². The quantitative estimate of drug-likeness (QED) is 0.541. The van der Waals surface area contributed by atoms with Gasteiger partial charge in [0.1, 0.15) is 20.2 Å². The molecular formula is C24H35BO2S. The van der Waals surface area contributed by atoms with Crippen molar-refractivity contribution in [2.75, 3.05) is 6.61 Å². The first-order valence-corrected chi connectivity index (χ1v) is 11.3. The van der Waals surface area contributed by atoms with Gasteiger partial charge in [-0.2, -0.15) is 0 Å². The average Bonchev–Trinajstić information content (AvgIpc) is 3.02. The summed E-state index contributed by atoms with van der Waals surface area (Å²) < 4.78 is 5.86. The molecule has 4 heteroatoms. The van der Waals surface area contributed by atoms with Gasteiger partial charge in [0, 0.05) is 15.7 Å². The Kier molecular flexibility index (Phi) is 7.19. The number of ketones is 1. The number of hydrogen-bond donors (Lipinski definition) is 0. The van der Waals surface area contributed by atoms with Crippen LogP contribution in [0.4, 0.5) is 0 Å². The van der Waals surface area contributed by atoms with Crippen molar-refractivity contribution in [2.24, 2.45) is 5.41 Å². The lowest BCUT2D eigenvalue weighted by Crippen LogP contribution is -2.27. The van der Waals surface area contributed by atoms with Crippen molar-refractivity contribution in [3.8, 4) is 5.75 Å². The van der Waals surface area contributed by atoms with Crippen LogP contribution in [-0.2, 0) is 16.5 Å². The summed E-state index contributed by atoms with van der Waals surface area (Å²) in [5, 5.41) is 0. The molecule has 0 spiro atoms. The first kappa shape index (κ1) is 22.7. The molecule has 0 N–H and O–H groups in total. The van der Waals surface area contributed by atoms with E-state index in [4.69, 9.17) is 4.74 Å². The molecule has 0 aliphatic carbocycles. The molecule has 1 aromatic carbocycles. The first-order chi connectivity index (χ1) is 13.1. The standard InChI is InChI=1S/C24H35BO2S/c1-8-24(9-2,22-13-17(4)20(14-25)28-22)18-10-11-19(16(3)12-18)27-15-21(26)23(5,6)7/h10-13H,8-9,14-15,25H2,1-7H3. The molecule has 0 radical (unpaired) electrons. The van der Waals surface area contributed by atoms with Crippen LogP contribution in [0, 0.1) is 19.3 Å². The SMILES string of the molecule is BCc1sc(C(CC)(CC)c2ccc(OCC(=O)C(C)(C)C)c(C)c2)cc1C. The predicted octanol–water partition coefficient (Wildman–Crippen LogP) is 5.60. The average molecular weight is 398 g/mol. The molecule has 2 aromatic rings. The van der Waals surface area contributed by atoms with Crippen molar-refractivity contribution in [1.29, 1.82) is 0 Å². The number of thiophene rings is 1. The first-order valence-electron chi connectivity index (χ1n) is 10.5. The second-order valence-electron chi connectivity index (χ2n) is 8.80. The van der Waals surface area contributed by atoms with Gasteiger partial charge in [0.15, 0.2) is 5.78 Å². The fraction of sp³-hybridized carbons (Fsp3) is 0.542. The van der Waals surface area contributed by atoms with Gasteiger partial charge in [-0.25, -0.2) is 0 Å². The normalized spacial score (nSPS) is 12.2. The molecule has 0 unspecified atom stereocenters. The highest BCUT2D eigenvalue weighted by molar-refractivity contribution is 7.12. The number of ether oxygens (including phenoxy) is 1. The zero-order chi connectivity index (χ0) is 21.1. The van der Waals surface area contributed by atoms with Crippen molar-refractivity contribution in [3.63, 3.8) is 0 Å². The Bertz CT molecular complexity index is 826. The molecule has 0 aliphatic heterocycles. The van der Waals surface area contributed by atoms with Gasteiger partial charge < -0.3 is 4.74 Å². The zero-order valence-corrected chi connectivity index (χ0v) is 19.7. The van der Waals surface area contributed by atoms with Crippen LogP contribution >= 0.6 is 11.3 Å². The van der Waals surface area contributed by atoms with E-state index >= 15 is 0 Å². The Balaban J connectivity index is 2.36. The van der Waals surface area contributed by atoms with E-state index in [2.05, 4.69) is 53.7 Å². The van der Waals surface area contributed by atoms with Crippen LogP contribution in [0.25, 0.3) is 0 Å². The molecule has 0 aliphatic rings. The van der Waals surface area contributed by atoms with E-state index in [0.29, 0.717) is 0 Å². The summed E-state index contributed by atoms with van der Waals surface area (Å²) in [7, 11) is 2.23. The van der Waals surface area contributed by atoms with Gasteiger partial charge in [-0.1, -0.05) is 46.8 Å². The second kappa shape index (κ2) is 8.86. The lowest BCUT2D eigenvalue weighted by atomic mass is 9.74. The smallest absolute Gasteiger partial charge is 0.175 e. The molecule has 28 heavy (non-hydrogen) atoms. The molecule has 1 heterocycles. The van der Waals surface area contributed by atoms with Crippen molar-refractivity contribution in [1.82, 2.24) is 0 Å². The Morgan fingerprint density at radius 1 is 1.07 bits per heavy atom. The third kappa shape index (κ3) is 4.54. The summed E-state index contributed by atoms with van der Waals surface area (Å²) in [6.07, 6.45) is 3.22. The molecular weight excluding hydrogens is 363 g/mol. The Labute approximate surface area is 176 Å². The van der Waals surface area contributed by atoms with Gasteiger partial charge in [-0.3, -0.25) is 4.79 Å². The van der Waals surface area contributed by atoms with Crippen molar-refractivity contribution < 1.29 is 9.53 Å². The van der Waals surface area contributed by atoms with Crippen LogP contribution in [0.15, 0.2) is 24.3 Å². The lowest BCUT2D eigenvalue weighted by Gasteiger charge is -2.32. The zero-order valence-electron chi connectivity index (χ0n) is 18.9. The topological polar surface area (TPSA) is 26.3 Å². The van der Waals surface area contributed by atoms with E-state index in [0.717, 1.165) is 30.5 Å². The molecule has 0 saturated carbocycles. The van der Waals surface area contributed by atoms with Gasteiger partial charge in [0.25, 0.3) is 0 Å². The number of benzene rings is 1. The minimum absolute atomic E-state index is 0.0351. The highest BCUT2D eigenvalue weighted by Gasteiger charge is 2.33. The van der Waals surface area contributed by atoms with Gasteiger partial charge >= 0.3 is 0 Å². The van der Waals surface area contributed by atoms with E-state index in [1.165, 1.54) is 20.9 Å². The molecule has 152 valence electrons. The molecule has 0 bridgehead atoms. The second-order valence-corrected chi connectivity index (χ2v) is 9.94. The number of aryl methyl sites for hydroxylation is 2. The highest BCUT2D eigenvalue weighted by Crippen LogP contribution is 2.44. The van der Waals surface area contributed by atoms with Crippen LogP contribution in [0.1, 0.15) is 73.9 Å². The minimum Gasteiger partial charge on any atom is -0.486 e.